The van der Waals surface area contributed by atoms with Crippen LogP contribution >= 0.6 is 11.8 Å². The molecule has 1 atom stereocenters. The number of rotatable bonds is 2. The second kappa shape index (κ2) is 5.99. The number of amides is 4. The Bertz CT molecular complexity index is 452. The van der Waals surface area contributed by atoms with Gasteiger partial charge in [-0.1, -0.05) is 25.7 Å². The van der Waals surface area contributed by atoms with Gasteiger partial charge in [0.05, 0.1) is 0 Å². The molecular weight excluding hydrogens is 288 g/mol. The number of thioether (sulfide) groups is 1. The molecule has 0 aromatic heterocycles. The molecule has 116 valence electrons. The lowest BCUT2D eigenvalue weighted by molar-refractivity contribution is -0.152. The van der Waals surface area contributed by atoms with Crippen molar-refractivity contribution in [3.05, 3.63) is 0 Å². The van der Waals surface area contributed by atoms with Gasteiger partial charge in [0.15, 0.2) is 0 Å². The molecule has 3 fully saturated rings. The van der Waals surface area contributed by atoms with E-state index in [1.165, 1.54) is 4.90 Å². The van der Waals surface area contributed by atoms with Crippen LogP contribution in [0.4, 0.5) is 4.79 Å². The molecule has 3 rings (SSSR count). The van der Waals surface area contributed by atoms with Gasteiger partial charge in [-0.2, -0.15) is 11.8 Å². The van der Waals surface area contributed by atoms with E-state index in [0.29, 0.717) is 24.6 Å². The SMILES string of the molecule is O=C1NC(=O)C2(CCCCCC2)C(=O)N1CC1CCCS1. The molecule has 4 amide bonds. The predicted molar refractivity (Wildman–Crippen MR) is 80.9 cm³/mol. The first-order valence-electron chi connectivity index (χ1n) is 7.92. The molecular formula is C15H22N2O3S. The van der Waals surface area contributed by atoms with Gasteiger partial charge in [0, 0.05) is 11.8 Å². The van der Waals surface area contributed by atoms with Gasteiger partial charge in [-0.05, 0) is 31.4 Å². The molecule has 2 saturated heterocycles. The Morgan fingerprint density at radius 2 is 1.81 bits per heavy atom. The van der Waals surface area contributed by atoms with Gasteiger partial charge in [-0.15, -0.1) is 0 Å². The zero-order valence-corrected chi connectivity index (χ0v) is 13.0. The summed E-state index contributed by atoms with van der Waals surface area (Å²) in [4.78, 5) is 38.6. The normalized spacial score (nSPS) is 29.6. The van der Waals surface area contributed by atoms with Crippen molar-refractivity contribution in [3.8, 4) is 0 Å². The van der Waals surface area contributed by atoms with Crippen LogP contribution < -0.4 is 5.32 Å². The van der Waals surface area contributed by atoms with Gasteiger partial charge in [0.1, 0.15) is 5.41 Å². The van der Waals surface area contributed by atoms with E-state index in [-0.39, 0.29) is 11.8 Å². The van der Waals surface area contributed by atoms with Gasteiger partial charge in [0.2, 0.25) is 11.8 Å². The van der Waals surface area contributed by atoms with Crippen molar-refractivity contribution < 1.29 is 14.4 Å². The van der Waals surface area contributed by atoms with E-state index in [1.54, 1.807) is 0 Å². The third-order valence-corrected chi connectivity index (χ3v) is 6.30. The van der Waals surface area contributed by atoms with Crippen LogP contribution in [0.15, 0.2) is 0 Å². The molecule has 1 saturated carbocycles. The predicted octanol–water partition coefficient (Wildman–Crippen LogP) is 2.30. The highest BCUT2D eigenvalue weighted by molar-refractivity contribution is 8.00. The van der Waals surface area contributed by atoms with Gasteiger partial charge in [-0.25, -0.2) is 4.79 Å². The number of carbonyl (C=O) groups excluding carboxylic acids is 3. The summed E-state index contributed by atoms with van der Waals surface area (Å²) in [6, 6.07) is -0.521. The second-order valence-corrected chi connectivity index (χ2v) is 7.71. The molecule has 0 bridgehead atoms. The van der Waals surface area contributed by atoms with Crippen LogP contribution in [0.2, 0.25) is 0 Å². The van der Waals surface area contributed by atoms with E-state index in [2.05, 4.69) is 5.32 Å². The third kappa shape index (κ3) is 2.70. The Hall–Kier alpha value is -1.04. The fourth-order valence-corrected chi connectivity index (χ4v) is 4.92. The van der Waals surface area contributed by atoms with Crippen LogP contribution in [-0.2, 0) is 9.59 Å². The zero-order valence-electron chi connectivity index (χ0n) is 12.2. The summed E-state index contributed by atoms with van der Waals surface area (Å²) in [6.45, 7) is 0.449. The number of imide groups is 2. The molecule has 6 heteroatoms. The molecule has 2 heterocycles. The Morgan fingerprint density at radius 3 is 2.43 bits per heavy atom. The average molecular weight is 310 g/mol. The van der Waals surface area contributed by atoms with Gasteiger partial charge in [-0.3, -0.25) is 19.8 Å². The molecule has 0 aromatic carbocycles. The summed E-state index contributed by atoms with van der Waals surface area (Å²) >= 11 is 1.82. The van der Waals surface area contributed by atoms with Crippen molar-refractivity contribution >= 4 is 29.6 Å². The maximum Gasteiger partial charge on any atom is 0.330 e. The Kier molecular flexibility index (Phi) is 4.24. The van der Waals surface area contributed by atoms with E-state index in [1.807, 2.05) is 11.8 Å². The average Bonchev–Trinajstić information content (AvgIpc) is 2.84. The molecule has 21 heavy (non-hydrogen) atoms. The first kappa shape index (κ1) is 14.9. The lowest BCUT2D eigenvalue weighted by atomic mass is 9.77. The highest BCUT2D eigenvalue weighted by Gasteiger charge is 2.53. The molecule has 0 aromatic rings. The Labute approximate surface area is 129 Å². The van der Waals surface area contributed by atoms with Crippen molar-refractivity contribution in [3.63, 3.8) is 0 Å². The minimum atomic E-state index is -0.978. The summed E-state index contributed by atoms with van der Waals surface area (Å²) in [6.07, 6.45) is 7.26. The minimum absolute atomic E-state index is 0.245. The van der Waals surface area contributed by atoms with Gasteiger partial charge >= 0.3 is 6.03 Å². The molecule has 1 spiro atoms. The standard InChI is InChI=1S/C15H22N2O3S/c18-12-15(7-3-1-2-4-8-15)13(19)17(14(20)16-12)10-11-6-5-9-21-11/h11H,1-10H2,(H,16,18,20). The van der Waals surface area contributed by atoms with Crippen LogP contribution in [0.1, 0.15) is 51.4 Å². The molecule has 5 nitrogen and oxygen atoms in total. The van der Waals surface area contributed by atoms with E-state index in [0.717, 1.165) is 44.3 Å². The lowest BCUT2D eigenvalue weighted by Gasteiger charge is -2.39. The van der Waals surface area contributed by atoms with Gasteiger partial charge in [0.25, 0.3) is 0 Å². The molecule has 1 aliphatic carbocycles. The summed E-state index contributed by atoms with van der Waals surface area (Å²) < 4.78 is 0. The summed E-state index contributed by atoms with van der Waals surface area (Å²) in [5.74, 6) is 0.485. The second-order valence-electron chi connectivity index (χ2n) is 6.31. The van der Waals surface area contributed by atoms with E-state index in [9.17, 15) is 14.4 Å². The van der Waals surface area contributed by atoms with E-state index >= 15 is 0 Å². The highest BCUT2D eigenvalue weighted by atomic mass is 32.2. The molecule has 1 N–H and O–H groups in total. The quantitative estimate of drug-likeness (QED) is 0.795. The minimum Gasteiger partial charge on any atom is -0.277 e. The van der Waals surface area contributed by atoms with Crippen molar-refractivity contribution in [2.45, 2.75) is 56.6 Å². The molecule has 0 radical (unpaired) electrons. The summed E-state index contributed by atoms with van der Waals surface area (Å²) in [5.41, 5.74) is -0.978. The third-order valence-electron chi connectivity index (χ3n) is 4.92. The number of urea groups is 1. The van der Waals surface area contributed by atoms with Crippen LogP contribution in [0.3, 0.4) is 0 Å². The highest BCUT2D eigenvalue weighted by Crippen LogP contribution is 2.39. The Morgan fingerprint density at radius 1 is 1.10 bits per heavy atom. The van der Waals surface area contributed by atoms with Crippen LogP contribution in [0.25, 0.3) is 0 Å². The van der Waals surface area contributed by atoms with E-state index < -0.39 is 11.4 Å². The zero-order chi connectivity index (χ0) is 14.9. The number of carbonyl (C=O) groups is 3. The number of hydrogen-bond donors (Lipinski definition) is 1. The van der Waals surface area contributed by atoms with Gasteiger partial charge < -0.3 is 0 Å². The number of nitrogens with one attached hydrogen (secondary N) is 1. The summed E-state index contributed by atoms with van der Waals surface area (Å²) in [7, 11) is 0. The van der Waals surface area contributed by atoms with Crippen LogP contribution in [0.5, 0.6) is 0 Å². The maximum atomic E-state index is 12.9. The number of barbiturate groups is 1. The van der Waals surface area contributed by atoms with Crippen molar-refractivity contribution in [1.82, 2.24) is 10.2 Å². The monoisotopic (exact) mass is 310 g/mol. The topological polar surface area (TPSA) is 66.5 Å². The lowest BCUT2D eigenvalue weighted by Crippen LogP contribution is -2.64. The van der Waals surface area contributed by atoms with E-state index in [4.69, 9.17) is 0 Å². The van der Waals surface area contributed by atoms with Crippen molar-refractivity contribution in [2.75, 3.05) is 12.3 Å². The van der Waals surface area contributed by atoms with Crippen LogP contribution in [0, 0.1) is 5.41 Å². The Balaban J connectivity index is 1.81. The molecule has 2 aliphatic heterocycles. The fraction of sp³-hybridized carbons (Fsp3) is 0.800. The largest absolute Gasteiger partial charge is 0.330 e. The molecule has 1 unspecified atom stereocenters. The summed E-state index contributed by atoms with van der Waals surface area (Å²) in [5, 5.41) is 2.77. The van der Waals surface area contributed by atoms with Crippen molar-refractivity contribution in [1.29, 1.82) is 0 Å². The first-order chi connectivity index (χ1) is 10.1. The fourth-order valence-electron chi connectivity index (χ4n) is 3.66. The molecule has 3 aliphatic rings. The first-order valence-corrected chi connectivity index (χ1v) is 8.97. The van der Waals surface area contributed by atoms with Crippen molar-refractivity contribution in [2.24, 2.45) is 5.41 Å². The number of hydrogen-bond acceptors (Lipinski definition) is 4. The number of nitrogens with zero attached hydrogens (tertiary/aromatic N) is 1. The van der Waals surface area contributed by atoms with Crippen LogP contribution in [-0.4, -0.2) is 40.3 Å². The smallest absolute Gasteiger partial charge is 0.277 e. The maximum absolute atomic E-state index is 12.9.